The Morgan fingerprint density at radius 2 is 1.83 bits per heavy atom. The molecule has 2 aromatic heterocycles. The SMILES string of the molecule is CC(C)(C)OC(=O)N1CCc2c(sc(NC(=O)c3ccc(N)cc3)c2-c2nc3ccccc3s2)C1. The van der Waals surface area contributed by atoms with Gasteiger partial charge in [-0.05, 0) is 69.2 Å². The lowest BCUT2D eigenvalue weighted by molar-refractivity contribution is 0.0226. The van der Waals surface area contributed by atoms with E-state index in [1.165, 1.54) is 11.3 Å². The third-order valence-electron chi connectivity index (χ3n) is 5.62. The Balaban J connectivity index is 1.52. The molecule has 9 heteroatoms. The van der Waals surface area contributed by atoms with Crippen LogP contribution in [0.15, 0.2) is 48.5 Å². The maximum Gasteiger partial charge on any atom is 0.410 e. The summed E-state index contributed by atoms with van der Waals surface area (Å²) >= 11 is 3.10. The van der Waals surface area contributed by atoms with Crippen molar-refractivity contribution in [2.45, 2.75) is 39.3 Å². The van der Waals surface area contributed by atoms with Gasteiger partial charge < -0.3 is 20.7 Å². The summed E-state index contributed by atoms with van der Waals surface area (Å²) in [5.41, 5.74) is 9.34. The fraction of sp³-hybridized carbons (Fsp3) is 0.269. The van der Waals surface area contributed by atoms with E-state index in [0.717, 1.165) is 36.2 Å². The molecule has 180 valence electrons. The highest BCUT2D eigenvalue weighted by Crippen LogP contribution is 2.46. The van der Waals surface area contributed by atoms with Gasteiger partial charge in [0.15, 0.2) is 0 Å². The van der Waals surface area contributed by atoms with Gasteiger partial charge in [0.05, 0.1) is 16.8 Å². The molecule has 7 nitrogen and oxygen atoms in total. The molecular formula is C26H26N4O3S2. The molecular weight excluding hydrogens is 480 g/mol. The van der Waals surface area contributed by atoms with Crippen molar-refractivity contribution in [3.63, 3.8) is 0 Å². The highest BCUT2D eigenvalue weighted by molar-refractivity contribution is 7.23. The Kier molecular flexibility index (Phi) is 5.98. The van der Waals surface area contributed by atoms with Gasteiger partial charge in [-0.25, -0.2) is 9.78 Å². The van der Waals surface area contributed by atoms with Crippen LogP contribution in [0.25, 0.3) is 20.8 Å². The number of hydrogen-bond donors (Lipinski definition) is 2. The van der Waals surface area contributed by atoms with Gasteiger partial charge in [-0.2, -0.15) is 0 Å². The van der Waals surface area contributed by atoms with Crippen molar-refractivity contribution in [3.05, 3.63) is 64.5 Å². The van der Waals surface area contributed by atoms with Crippen LogP contribution in [0.2, 0.25) is 0 Å². The first-order chi connectivity index (χ1) is 16.7. The molecule has 0 atom stereocenters. The van der Waals surface area contributed by atoms with Crippen LogP contribution in [0.1, 0.15) is 41.6 Å². The van der Waals surface area contributed by atoms with Crippen molar-refractivity contribution in [2.24, 2.45) is 0 Å². The fourth-order valence-electron chi connectivity index (χ4n) is 3.99. The summed E-state index contributed by atoms with van der Waals surface area (Å²) in [5, 5.41) is 4.70. The summed E-state index contributed by atoms with van der Waals surface area (Å²) in [4.78, 5) is 33.4. The molecule has 0 spiro atoms. The minimum absolute atomic E-state index is 0.213. The molecule has 0 saturated carbocycles. The van der Waals surface area contributed by atoms with Gasteiger partial charge in [-0.3, -0.25) is 4.79 Å². The first-order valence-electron chi connectivity index (χ1n) is 11.3. The number of aromatic nitrogens is 1. The maximum atomic E-state index is 13.1. The molecule has 1 aliphatic heterocycles. The number of nitrogens with two attached hydrogens (primary N) is 1. The standard InChI is InChI=1S/C26H26N4O3S2/c1-26(2,3)33-25(32)30-13-12-17-20(14-30)35-24(29-22(31)15-8-10-16(27)11-9-15)21(17)23-28-18-6-4-5-7-19(18)34-23/h4-11H,12-14,27H2,1-3H3,(H,29,31). The number of carbonyl (C=O) groups is 2. The van der Waals surface area contributed by atoms with Gasteiger partial charge in [-0.1, -0.05) is 12.1 Å². The lowest BCUT2D eigenvalue weighted by atomic mass is 10.0. The van der Waals surface area contributed by atoms with E-state index in [2.05, 4.69) is 5.32 Å². The third kappa shape index (κ3) is 4.87. The van der Waals surface area contributed by atoms with E-state index in [4.69, 9.17) is 15.5 Å². The molecule has 2 amide bonds. The Labute approximate surface area is 211 Å². The quantitative estimate of drug-likeness (QED) is 0.325. The van der Waals surface area contributed by atoms with Crippen molar-refractivity contribution in [1.29, 1.82) is 0 Å². The molecule has 1 aliphatic rings. The fourth-order valence-corrected chi connectivity index (χ4v) is 6.36. The van der Waals surface area contributed by atoms with Crippen LogP contribution < -0.4 is 11.1 Å². The summed E-state index contributed by atoms with van der Waals surface area (Å²) in [6.45, 7) is 6.57. The number of nitrogen functional groups attached to an aromatic ring is 1. The molecule has 3 N–H and O–H groups in total. The number of ether oxygens (including phenoxy) is 1. The van der Waals surface area contributed by atoms with Crippen LogP contribution in [0, 0.1) is 0 Å². The number of fused-ring (bicyclic) bond motifs is 2. The van der Waals surface area contributed by atoms with Crippen molar-refractivity contribution < 1.29 is 14.3 Å². The second-order valence-corrected chi connectivity index (χ2v) is 11.6. The summed E-state index contributed by atoms with van der Waals surface area (Å²) in [7, 11) is 0. The van der Waals surface area contributed by atoms with Crippen LogP contribution in [-0.4, -0.2) is 34.0 Å². The van der Waals surface area contributed by atoms with Crippen LogP contribution in [-0.2, 0) is 17.7 Å². The smallest absolute Gasteiger partial charge is 0.410 e. The number of nitrogens with one attached hydrogen (secondary N) is 1. The largest absolute Gasteiger partial charge is 0.444 e. The predicted molar refractivity (Wildman–Crippen MR) is 142 cm³/mol. The van der Waals surface area contributed by atoms with Crippen molar-refractivity contribution in [3.8, 4) is 10.6 Å². The topological polar surface area (TPSA) is 97.5 Å². The number of amides is 2. The molecule has 0 fully saturated rings. The second-order valence-electron chi connectivity index (χ2n) is 9.42. The van der Waals surface area contributed by atoms with Gasteiger partial charge in [0, 0.05) is 28.2 Å². The molecule has 0 radical (unpaired) electrons. The number of carbonyl (C=O) groups excluding carboxylic acids is 2. The van der Waals surface area contributed by atoms with E-state index in [9.17, 15) is 9.59 Å². The zero-order valence-electron chi connectivity index (χ0n) is 19.8. The zero-order valence-corrected chi connectivity index (χ0v) is 21.4. The highest BCUT2D eigenvalue weighted by atomic mass is 32.1. The zero-order chi connectivity index (χ0) is 24.7. The number of thiophene rings is 1. The van der Waals surface area contributed by atoms with Gasteiger partial charge in [0.25, 0.3) is 5.91 Å². The number of rotatable bonds is 3. The average molecular weight is 507 g/mol. The molecule has 0 aliphatic carbocycles. The second kappa shape index (κ2) is 8.98. The number of thiazole rings is 1. The van der Waals surface area contributed by atoms with E-state index in [0.29, 0.717) is 30.8 Å². The van der Waals surface area contributed by atoms with Crippen LogP contribution in [0.5, 0.6) is 0 Å². The maximum absolute atomic E-state index is 13.1. The summed E-state index contributed by atoms with van der Waals surface area (Å²) in [5.74, 6) is -0.213. The summed E-state index contributed by atoms with van der Waals surface area (Å²) in [6, 6.07) is 14.8. The van der Waals surface area contributed by atoms with Crippen LogP contribution in [0.4, 0.5) is 15.5 Å². The molecule has 3 heterocycles. The van der Waals surface area contributed by atoms with E-state index >= 15 is 0 Å². The number of anilines is 2. The number of para-hydroxylation sites is 1. The minimum Gasteiger partial charge on any atom is -0.444 e. The van der Waals surface area contributed by atoms with Crippen LogP contribution in [0.3, 0.4) is 0 Å². The van der Waals surface area contributed by atoms with Crippen LogP contribution >= 0.6 is 22.7 Å². The lowest BCUT2D eigenvalue weighted by Crippen LogP contribution is -2.39. The molecule has 0 bridgehead atoms. The third-order valence-corrected chi connectivity index (χ3v) is 7.80. The predicted octanol–water partition coefficient (Wildman–Crippen LogP) is 6.15. The number of benzene rings is 2. The number of nitrogens with zero attached hydrogens (tertiary/aromatic N) is 2. The first-order valence-corrected chi connectivity index (χ1v) is 13.0. The van der Waals surface area contributed by atoms with E-state index in [-0.39, 0.29) is 12.0 Å². The minimum atomic E-state index is -0.558. The molecule has 2 aromatic carbocycles. The van der Waals surface area contributed by atoms with E-state index in [1.807, 2.05) is 45.0 Å². The normalized spacial score (nSPS) is 13.5. The Morgan fingerprint density at radius 3 is 2.54 bits per heavy atom. The molecule has 4 aromatic rings. The van der Waals surface area contributed by atoms with E-state index < -0.39 is 5.60 Å². The van der Waals surface area contributed by atoms with Crippen molar-refractivity contribution in [1.82, 2.24) is 9.88 Å². The molecule has 5 rings (SSSR count). The average Bonchev–Trinajstić information content (AvgIpc) is 3.38. The van der Waals surface area contributed by atoms with Gasteiger partial charge in [-0.15, -0.1) is 22.7 Å². The molecule has 0 unspecified atom stereocenters. The summed E-state index contributed by atoms with van der Waals surface area (Å²) < 4.78 is 6.67. The van der Waals surface area contributed by atoms with E-state index in [1.54, 1.807) is 40.5 Å². The molecule has 35 heavy (non-hydrogen) atoms. The van der Waals surface area contributed by atoms with Crippen molar-refractivity contribution >= 4 is 55.6 Å². The Morgan fingerprint density at radius 1 is 1.09 bits per heavy atom. The Bertz CT molecular complexity index is 1380. The number of hydrogen-bond acceptors (Lipinski definition) is 7. The highest BCUT2D eigenvalue weighted by Gasteiger charge is 2.31. The van der Waals surface area contributed by atoms with Gasteiger partial charge >= 0.3 is 6.09 Å². The Hall–Kier alpha value is -3.43. The lowest BCUT2D eigenvalue weighted by Gasteiger charge is -2.30. The summed E-state index contributed by atoms with van der Waals surface area (Å²) in [6.07, 6.45) is 0.333. The monoisotopic (exact) mass is 506 g/mol. The van der Waals surface area contributed by atoms with Gasteiger partial charge in [0.1, 0.15) is 15.6 Å². The molecule has 0 saturated heterocycles. The van der Waals surface area contributed by atoms with Gasteiger partial charge in [0.2, 0.25) is 0 Å². The van der Waals surface area contributed by atoms with Crippen molar-refractivity contribution in [2.75, 3.05) is 17.6 Å². The first kappa shape index (κ1) is 23.3.